The van der Waals surface area contributed by atoms with Crippen molar-refractivity contribution < 1.29 is 4.84 Å². The number of amidine groups is 1. The molecule has 0 radical (unpaired) electrons. The van der Waals surface area contributed by atoms with Crippen LogP contribution in [-0.2, 0) is 4.84 Å². The first kappa shape index (κ1) is 9.09. The highest BCUT2D eigenvalue weighted by Crippen LogP contribution is 2.10. The Hall–Kier alpha value is -1.48. The lowest BCUT2D eigenvalue weighted by Gasteiger charge is -1.93. The maximum Gasteiger partial charge on any atom is 0.188 e. The minimum absolute atomic E-state index is 0.445. The van der Waals surface area contributed by atoms with Crippen LogP contribution in [0, 0.1) is 0 Å². The van der Waals surface area contributed by atoms with E-state index in [1.165, 1.54) is 0 Å². The number of nitrogens with one attached hydrogen (secondary N) is 1. The fourth-order valence-corrected chi connectivity index (χ4v) is 1.20. The van der Waals surface area contributed by atoms with E-state index in [9.17, 15) is 0 Å². The second-order valence-electron chi connectivity index (χ2n) is 2.81. The lowest BCUT2D eigenvalue weighted by atomic mass is 10.2. The molecule has 14 heavy (non-hydrogen) atoms. The Morgan fingerprint density at radius 3 is 2.71 bits per heavy atom. The molecule has 1 aliphatic heterocycles. The van der Waals surface area contributed by atoms with Crippen LogP contribution in [0.5, 0.6) is 0 Å². The Bertz CT molecular complexity index is 370. The lowest BCUT2D eigenvalue weighted by Crippen LogP contribution is -2.15. The predicted octanol–water partition coefficient (Wildman–Crippen LogP) is 2.24. The quantitative estimate of drug-likeness (QED) is 0.809. The van der Waals surface area contributed by atoms with E-state index in [4.69, 9.17) is 16.4 Å². The zero-order chi connectivity index (χ0) is 9.80. The van der Waals surface area contributed by atoms with E-state index >= 15 is 0 Å². The Morgan fingerprint density at radius 2 is 2.07 bits per heavy atom. The van der Waals surface area contributed by atoms with Gasteiger partial charge in [-0.1, -0.05) is 35.0 Å². The molecule has 0 aromatic heterocycles. The number of nitrogens with zero attached hydrogens (tertiary/aromatic N) is 1. The van der Waals surface area contributed by atoms with Gasteiger partial charge < -0.3 is 10.2 Å². The zero-order valence-corrected chi connectivity index (χ0v) is 8.16. The third kappa shape index (κ3) is 2.26. The molecule has 2 rings (SSSR count). The molecule has 0 saturated heterocycles. The summed E-state index contributed by atoms with van der Waals surface area (Å²) < 4.78 is 0. The van der Waals surface area contributed by atoms with Crippen LogP contribution in [0.2, 0.25) is 5.02 Å². The van der Waals surface area contributed by atoms with Crippen LogP contribution in [-0.4, -0.2) is 12.6 Å². The second kappa shape index (κ2) is 4.15. The Morgan fingerprint density at radius 1 is 1.29 bits per heavy atom. The molecule has 1 heterocycles. The Labute approximate surface area is 87.0 Å². The normalized spacial score (nSPS) is 15.1. The highest BCUT2D eigenvalue weighted by atomic mass is 35.5. The highest BCUT2D eigenvalue weighted by molar-refractivity contribution is 6.30. The van der Waals surface area contributed by atoms with Crippen LogP contribution in [0.15, 0.2) is 35.5 Å². The number of rotatable bonds is 2. The van der Waals surface area contributed by atoms with E-state index in [0.717, 1.165) is 16.4 Å². The molecule has 0 unspecified atom stereocenters. The first-order chi connectivity index (χ1) is 6.84. The van der Waals surface area contributed by atoms with Crippen molar-refractivity contribution in [2.45, 2.75) is 0 Å². The van der Waals surface area contributed by atoms with Crippen molar-refractivity contribution in [2.24, 2.45) is 5.16 Å². The van der Waals surface area contributed by atoms with Crippen molar-refractivity contribution in [3.05, 3.63) is 40.9 Å². The van der Waals surface area contributed by atoms with Crippen molar-refractivity contribution in [2.75, 3.05) is 6.73 Å². The number of hydrogen-bond acceptors (Lipinski definition) is 3. The third-order valence-electron chi connectivity index (χ3n) is 1.78. The fraction of sp³-hybridized carbons (Fsp3) is 0.100. The van der Waals surface area contributed by atoms with E-state index < -0.39 is 0 Å². The predicted molar refractivity (Wildman–Crippen MR) is 57.0 cm³/mol. The minimum Gasteiger partial charge on any atom is -0.372 e. The summed E-state index contributed by atoms with van der Waals surface area (Å²) in [4.78, 5) is 4.77. The molecule has 0 amide bonds. The van der Waals surface area contributed by atoms with Crippen molar-refractivity contribution >= 4 is 23.5 Å². The average molecular weight is 209 g/mol. The van der Waals surface area contributed by atoms with Crippen LogP contribution >= 0.6 is 11.6 Å². The molecule has 0 bridgehead atoms. The third-order valence-corrected chi connectivity index (χ3v) is 2.04. The molecule has 4 heteroatoms. The van der Waals surface area contributed by atoms with Gasteiger partial charge in [0, 0.05) is 5.02 Å². The molecule has 1 aromatic carbocycles. The van der Waals surface area contributed by atoms with Gasteiger partial charge in [-0.25, -0.2) is 0 Å². The highest BCUT2D eigenvalue weighted by Gasteiger charge is 2.00. The van der Waals surface area contributed by atoms with Gasteiger partial charge in [-0.15, -0.1) is 0 Å². The van der Waals surface area contributed by atoms with E-state index in [1.807, 2.05) is 36.4 Å². The van der Waals surface area contributed by atoms with Crippen LogP contribution < -0.4 is 5.32 Å². The first-order valence-corrected chi connectivity index (χ1v) is 4.60. The number of benzene rings is 1. The van der Waals surface area contributed by atoms with Crippen molar-refractivity contribution in [3.8, 4) is 0 Å². The molecule has 0 aliphatic carbocycles. The maximum absolute atomic E-state index is 5.76. The Kier molecular flexibility index (Phi) is 2.70. The van der Waals surface area contributed by atoms with Crippen molar-refractivity contribution in [1.82, 2.24) is 5.32 Å². The van der Waals surface area contributed by atoms with E-state index in [-0.39, 0.29) is 0 Å². The van der Waals surface area contributed by atoms with Gasteiger partial charge in [0.1, 0.15) is 0 Å². The molecule has 0 saturated carbocycles. The topological polar surface area (TPSA) is 33.6 Å². The molecule has 1 aromatic rings. The first-order valence-electron chi connectivity index (χ1n) is 4.22. The number of oxime groups is 1. The van der Waals surface area contributed by atoms with Gasteiger partial charge in [-0.2, -0.15) is 0 Å². The molecule has 0 atom stereocenters. The van der Waals surface area contributed by atoms with E-state index in [2.05, 4.69) is 10.5 Å². The van der Waals surface area contributed by atoms with Gasteiger partial charge in [0.15, 0.2) is 12.6 Å². The van der Waals surface area contributed by atoms with Gasteiger partial charge in [0.25, 0.3) is 0 Å². The van der Waals surface area contributed by atoms with Crippen molar-refractivity contribution in [3.63, 3.8) is 0 Å². The van der Waals surface area contributed by atoms with Gasteiger partial charge >= 0.3 is 0 Å². The van der Waals surface area contributed by atoms with Gasteiger partial charge in [0.05, 0.1) is 0 Å². The molecule has 1 aliphatic rings. The largest absolute Gasteiger partial charge is 0.372 e. The van der Waals surface area contributed by atoms with E-state index in [1.54, 1.807) is 0 Å². The maximum atomic E-state index is 5.76. The monoisotopic (exact) mass is 208 g/mol. The van der Waals surface area contributed by atoms with Crippen LogP contribution in [0.25, 0.3) is 6.08 Å². The summed E-state index contributed by atoms with van der Waals surface area (Å²) in [5.74, 6) is 0.736. The number of halogens is 1. The molecule has 0 fully saturated rings. The van der Waals surface area contributed by atoms with Crippen LogP contribution in [0.3, 0.4) is 0 Å². The van der Waals surface area contributed by atoms with Gasteiger partial charge in [0.2, 0.25) is 0 Å². The molecule has 1 N–H and O–H groups in total. The van der Waals surface area contributed by atoms with Crippen LogP contribution in [0.1, 0.15) is 5.56 Å². The van der Waals surface area contributed by atoms with E-state index in [0.29, 0.717) is 6.73 Å². The molecular formula is C10H9ClN2O. The summed E-state index contributed by atoms with van der Waals surface area (Å²) in [5.41, 5.74) is 1.07. The smallest absolute Gasteiger partial charge is 0.188 e. The zero-order valence-electron chi connectivity index (χ0n) is 7.40. The minimum atomic E-state index is 0.445. The summed E-state index contributed by atoms with van der Waals surface area (Å²) in [6.07, 6.45) is 3.80. The Balaban J connectivity index is 2.06. The molecule has 0 spiro atoms. The van der Waals surface area contributed by atoms with Crippen LogP contribution in [0.4, 0.5) is 0 Å². The molecular weight excluding hydrogens is 200 g/mol. The summed E-state index contributed by atoms with van der Waals surface area (Å²) >= 11 is 5.76. The van der Waals surface area contributed by atoms with Gasteiger partial charge in [-0.3, -0.25) is 0 Å². The number of hydrogen-bond donors (Lipinski definition) is 1. The summed E-state index contributed by atoms with van der Waals surface area (Å²) in [5, 5.41) is 7.45. The summed E-state index contributed by atoms with van der Waals surface area (Å²) in [6.45, 7) is 0.445. The second-order valence-corrected chi connectivity index (χ2v) is 3.25. The fourth-order valence-electron chi connectivity index (χ4n) is 1.08. The molecule has 72 valence electrons. The summed E-state index contributed by atoms with van der Waals surface area (Å²) in [6, 6.07) is 7.58. The molecule has 3 nitrogen and oxygen atoms in total. The van der Waals surface area contributed by atoms with Crippen molar-refractivity contribution in [1.29, 1.82) is 0 Å². The van der Waals surface area contributed by atoms with Gasteiger partial charge in [-0.05, 0) is 23.8 Å². The lowest BCUT2D eigenvalue weighted by molar-refractivity contribution is 0.164. The average Bonchev–Trinajstić information content (AvgIpc) is 2.70. The summed E-state index contributed by atoms with van der Waals surface area (Å²) in [7, 11) is 0. The standard InChI is InChI=1S/C10H9ClN2O/c11-9-4-1-8(2-5-9)3-6-10-12-7-14-13-10/h1-6H,7H2,(H,12,13). The SMILES string of the molecule is Clc1ccc(C=CC2=NOCN2)cc1.